The molecule has 8 heteroatoms. The highest BCUT2D eigenvalue weighted by Crippen LogP contribution is 2.33. The number of anilines is 1. The van der Waals surface area contributed by atoms with Gasteiger partial charge in [-0.25, -0.2) is 14.1 Å². The van der Waals surface area contributed by atoms with Crippen LogP contribution in [0.5, 0.6) is 0 Å². The number of thiazole rings is 1. The van der Waals surface area contributed by atoms with Crippen LogP contribution in [0.2, 0.25) is 0 Å². The maximum atomic E-state index is 13.4. The molecule has 0 spiro atoms. The van der Waals surface area contributed by atoms with Crippen LogP contribution in [-0.2, 0) is 12.8 Å². The van der Waals surface area contributed by atoms with Gasteiger partial charge in [0.15, 0.2) is 16.6 Å². The fraction of sp³-hybridized carbons (Fsp3) is 0.200. The molecule has 0 fully saturated rings. The van der Waals surface area contributed by atoms with Gasteiger partial charge in [0.05, 0.1) is 16.3 Å². The minimum atomic E-state index is -0.363. The van der Waals surface area contributed by atoms with Crippen molar-refractivity contribution in [3.8, 4) is 16.9 Å². The summed E-state index contributed by atoms with van der Waals surface area (Å²) in [4.78, 5) is 30.5. The van der Waals surface area contributed by atoms with Crippen LogP contribution in [0.15, 0.2) is 54.6 Å². The van der Waals surface area contributed by atoms with Crippen molar-refractivity contribution in [2.24, 2.45) is 0 Å². The molecule has 0 bridgehead atoms. The van der Waals surface area contributed by atoms with E-state index in [4.69, 9.17) is 0 Å². The molecule has 0 atom stereocenters. The Balaban J connectivity index is 1.50. The summed E-state index contributed by atoms with van der Waals surface area (Å²) in [6.45, 7) is 1.49. The number of carbonyl (C=O) groups is 2. The normalized spacial score (nSPS) is 12.9. The summed E-state index contributed by atoms with van der Waals surface area (Å²) in [5.41, 5.74) is 4.32. The van der Waals surface area contributed by atoms with Gasteiger partial charge in [0.25, 0.3) is 5.91 Å². The van der Waals surface area contributed by atoms with Gasteiger partial charge in [-0.3, -0.25) is 14.9 Å². The lowest BCUT2D eigenvalue weighted by Crippen LogP contribution is -2.15. The van der Waals surface area contributed by atoms with Crippen molar-refractivity contribution in [1.29, 1.82) is 0 Å². The predicted molar refractivity (Wildman–Crippen MR) is 126 cm³/mol. The lowest BCUT2D eigenvalue weighted by atomic mass is 9.95. The van der Waals surface area contributed by atoms with Gasteiger partial charge in [-0.1, -0.05) is 41.7 Å². The Hall–Kier alpha value is -3.65. The second kappa shape index (κ2) is 8.71. The van der Waals surface area contributed by atoms with E-state index in [1.165, 1.54) is 19.1 Å². The van der Waals surface area contributed by atoms with Crippen molar-refractivity contribution in [3.05, 3.63) is 82.2 Å². The molecule has 1 N–H and O–H groups in total. The molecule has 33 heavy (non-hydrogen) atoms. The number of benzene rings is 2. The van der Waals surface area contributed by atoms with Crippen LogP contribution in [0.3, 0.4) is 0 Å². The maximum Gasteiger partial charge on any atom is 0.278 e. The van der Waals surface area contributed by atoms with Crippen LogP contribution in [0.1, 0.15) is 51.2 Å². The van der Waals surface area contributed by atoms with Gasteiger partial charge < -0.3 is 0 Å². The van der Waals surface area contributed by atoms with E-state index >= 15 is 0 Å². The van der Waals surface area contributed by atoms with Crippen molar-refractivity contribution < 1.29 is 14.0 Å². The quantitative estimate of drug-likeness (QED) is 0.401. The highest BCUT2D eigenvalue weighted by molar-refractivity contribution is 7.18. The van der Waals surface area contributed by atoms with E-state index in [0.29, 0.717) is 27.1 Å². The fourth-order valence-electron chi connectivity index (χ4n) is 4.14. The number of rotatable bonds is 5. The molecule has 2 aromatic heterocycles. The summed E-state index contributed by atoms with van der Waals surface area (Å²) < 4.78 is 15.1. The molecule has 6 nitrogen and oxygen atoms in total. The number of nitrogens with one attached hydrogen (secondary N) is 1. The first kappa shape index (κ1) is 21.2. The van der Waals surface area contributed by atoms with E-state index < -0.39 is 0 Å². The zero-order chi connectivity index (χ0) is 22.9. The van der Waals surface area contributed by atoms with Crippen LogP contribution in [0.4, 0.5) is 9.52 Å². The third-order valence-corrected chi connectivity index (χ3v) is 6.75. The van der Waals surface area contributed by atoms with E-state index in [1.54, 1.807) is 16.8 Å². The molecule has 0 saturated heterocycles. The number of Topliss-reactive ketones (excluding diaryl/α,β-unsaturated/α-hetero) is 1. The summed E-state index contributed by atoms with van der Waals surface area (Å²) in [5.74, 6) is -0.792. The Morgan fingerprint density at radius 3 is 2.48 bits per heavy atom. The van der Waals surface area contributed by atoms with Crippen LogP contribution in [0.25, 0.3) is 16.9 Å². The van der Waals surface area contributed by atoms with Crippen LogP contribution in [0, 0.1) is 5.82 Å². The Kier molecular flexibility index (Phi) is 5.60. The van der Waals surface area contributed by atoms with Gasteiger partial charge in [0.2, 0.25) is 0 Å². The van der Waals surface area contributed by atoms with E-state index in [1.807, 2.05) is 30.3 Å². The van der Waals surface area contributed by atoms with Gasteiger partial charge in [-0.15, -0.1) is 0 Å². The molecule has 166 valence electrons. The molecule has 0 radical (unpaired) electrons. The molecule has 0 unspecified atom stereocenters. The van der Waals surface area contributed by atoms with Gasteiger partial charge in [-0.05, 0) is 49.9 Å². The van der Waals surface area contributed by atoms with Gasteiger partial charge in [0, 0.05) is 23.7 Å². The average molecular weight is 461 g/mol. The lowest BCUT2D eigenvalue weighted by Gasteiger charge is -2.14. The maximum absolute atomic E-state index is 13.4. The molecule has 2 heterocycles. The number of ketones is 1. The number of nitrogens with zero attached hydrogens (tertiary/aromatic N) is 3. The van der Waals surface area contributed by atoms with Crippen molar-refractivity contribution in [2.75, 3.05) is 5.32 Å². The number of amides is 1. The molecule has 1 aliphatic rings. The first-order valence-corrected chi connectivity index (χ1v) is 11.6. The SMILES string of the molecule is CC(=O)c1sc(NC(=O)c2nn(-c3ccc(F)cc3)c3c2CCCC3)nc1-c1ccccc1. The van der Waals surface area contributed by atoms with Crippen LogP contribution < -0.4 is 5.32 Å². The number of halogens is 1. The molecular formula is C25H21FN4O2S. The monoisotopic (exact) mass is 460 g/mol. The molecule has 0 aliphatic heterocycles. The zero-order valence-electron chi connectivity index (χ0n) is 18.0. The van der Waals surface area contributed by atoms with Gasteiger partial charge >= 0.3 is 0 Å². The summed E-state index contributed by atoms with van der Waals surface area (Å²) in [6.07, 6.45) is 3.55. The molecule has 5 rings (SSSR count). The van der Waals surface area contributed by atoms with Crippen LogP contribution in [-0.4, -0.2) is 26.5 Å². The molecule has 2 aromatic carbocycles. The number of hydrogen-bond donors (Lipinski definition) is 1. The number of hydrogen-bond acceptors (Lipinski definition) is 5. The van der Waals surface area contributed by atoms with Gasteiger partial charge in [-0.2, -0.15) is 5.10 Å². The average Bonchev–Trinajstić information content (AvgIpc) is 3.42. The summed E-state index contributed by atoms with van der Waals surface area (Å²) in [7, 11) is 0. The summed E-state index contributed by atoms with van der Waals surface area (Å²) in [5, 5.41) is 7.80. The number of carbonyl (C=O) groups excluding carboxylic acids is 2. The molecule has 0 saturated carbocycles. The van der Waals surface area contributed by atoms with Crippen molar-refractivity contribution in [1.82, 2.24) is 14.8 Å². The standard InChI is InChI=1S/C25H21FN4O2S/c1-15(31)23-21(16-7-3-2-4-8-16)27-25(33-23)28-24(32)22-19-9-5-6-10-20(19)30(29-22)18-13-11-17(26)12-14-18/h2-4,7-8,11-14H,5-6,9-10H2,1H3,(H,27,28,32). The third-order valence-electron chi connectivity index (χ3n) is 5.68. The third kappa shape index (κ3) is 4.09. The second-order valence-electron chi connectivity index (χ2n) is 7.94. The van der Waals surface area contributed by atoms with E-state index in [2.05, 4.69) is 15.4 Å². The fourth-order valence-corrected chi connectivity index (χ4v) is 5.02. The Labute approximate surface area is 194 Å². The van der Waals surface area contributed by atoms with E-state index in [0.717, 1.165) is 53.8 Å². The van der Waals surface area contributed by atoms with Crippen molar-refractivity contribution in [2.45, 2.75) is 32.6 Å². The first-order valence-electron chi connectivity index (χ1n) is 10.8. The molecular weight excluding hydrogens is 439 g/mol. The summed E-state index contributed by atoms with van der Waals surface area (Å²) >= 11 is 1.16. The highest BCUT2D eigenvalue weighted by Gasteiger charge is 2.27. The second-order valence-corrected chi connectivity index (χ2v) is 8.94. The van der Waals surface area contributed by atoms with Gasteiger partial charge in [0.1, 0.15) is 5.82 Å². The lowest BCUT2D eigenvalue weighted by molar-refractivity contribution is 0.101. The molecule has 1 aliphatic carbocycles. The minimum absolute atomic E-state index is 0.107. The topological polar surface area (TPSA) is 76.9 Å². The van der Waals surface area contributed by atoms with Crippen LogP contribution >= 0.6 is 11.3 Å². The number of fused-ring (bicyclic) bond motifs is 1. The Bertz CT molecular complexity index is 1340. The summed E-state index contributed by atoms with van der Waals surface area (Å²) in [6, 6.07) is 15.5. The van der Waals surface area contributed by atoms with Crippen molar-refractivity contribution in [3.63, 3.8) is 0 Å². The molecule has 1 amide bonds. The number of aromatic nitrogens is 3. The van der Waals surface area contributed by atoms with E-state index in [-0.39, 0.29) is 17.5 Å². The highest BCUT2D eigenvalue weighted by atomic mass is 32.1. The Morgan fingerprint density at radius 2 is 1.76 bits per heavy atom. The Morgan fingerprint density at radius 1 is 1.03 bits per heavy atom. The smallest absolute Gasteiger partial charge is 0.278 e. The molecule has 4 aromatic rings. The van der Waals surface area contributed by atoms with Crippen molar-refractivity contribution >= 4 is 28.2 Å². The zero-order valence-corrected chi connectivity index (χ0v) is 18.8. The predicted octanol–water partition coefficient (Wildman–Crippen LogP) is 5.47. The largest absolute Gasteiger partial charge is 0.296 e. The van der Waals surface area contributed by atoms with E-state index in [9.17, 15) is 14.0 Å². The minimum Gasteiger partial charge on any atom is -0.296 e. The first-order chi connectivity index (χ1) is 16.0.